The average molecular weight is 300 g/mol. The molecule has 0 heterocycles. The van der Waals surface area contributed by atoms with Gasteiger partial charge in [-0.25, -0.2) is 0 Å². The third-order valence-corrected chi connectivity index (χ3v) is 2.70. The number of unbranched alkanes of at least 4 members (excludes halogenated alkanes) is 1. The van der Waals surface area contributed by atoms with E-state index in [0.29, 0.717) is 25.8 Å². The number of carboxylic acids is 1. The molecule has 0 aliphatic heterocycles. The number of aliphatic carboxylic acids is 1. The fourth-order valence-electron chi connectivity index (χ4n) is 1.62. The Morgan fingerprint density at radius 2 is 1.62 bits per heavy atom. The van der Waals surface area contributed by atoms with E-state index in [9.17, 15) is 24.3 Å². The minimum Gasteiger partial charge on any atom is -0.548 e. The maximum Gasteiger partial charge on any atom is 0.243 e. The minimum atomic E-state index is -1.39. The van der Waals surface area contributed by atoms with Gasteiger partial charge in [0.15, 0.2) is 0 Å². The lowest BCUT2D eigenvalue weighted by Crippen LogP contribution is -2.53. The lowest BCUT2D eigenvalue weighted by atomic mass is 10.1. The molecular formula is C13H22N3O5-. The van der Waals surface area contributed by atoms with Crippen molar-refractivity contribution in [1.29, 1.82) is 0 Å². The molecule has 0 fully saturated rings. The number of hydrogen-bond acceptors (Lipinski definition) is 5. The Morgan fingerprint density at radius 3 is 2.10 bits per heavy atom. The van der Waals surface area contributed by atoms with Gasteiger partial charge >= 0.3 is 0 Å². The molecule has 0 radical (unpaired) electrons. The highest BCUT2D eigenvalue weighted by Crippen LogP contribution is 2.02. The van der Waals surface area contributed by atoms with Crippen LogP contribution in [-0.2, 0) is 19.2 Å². The first-order valence-corrected chi connectivity index (χ1v) is 6.76. The van der Waals surface area contributed by atoms with Crippen LogP contribution >= 0.6 is 0 Å². The Hall–Kier alpha value is -2.12. The Morgan fingerprint density at radius 1 is 1.00 bits per heavy atom. The monoisotopic (exact) mass is 300 g/mol. The van der Waals surface area contributed by atoms with E-state index >= 15 is 0 Å². The van der Waals surface area contributed by atoms with Crippen molar-refractivity contribution in [1.82, 2.24) is 16.0 Å². The van der Waals surface area contributed by atoms with E-state index in [4.69, 9.17) is 0 Å². The van der Waals surface area contributed by atoms with Gasteiger partial charge in [-0.1, -0.05) is 0 Å². The molecule has 0 saturated heterocycles. The van der Waals surface area contributed by atoms with Crippen molar-refractivity contribution in [2.24, 2.45) is 0 Å². The molecule has 0 aromatic rings. The van der Waals surface area contributed by atoms with Gasteiger partial charge < -0.3 is 25.9 Å². The molecule has 2 unspecified atom stereocenters. The van der Waals surface area contributed by atoms with Crippen LogP contribution in [-0.4, -0.2) is 42.3 Å². The van der Waals surface area contributed by atoms with E-state index in [2.05, 4.69) is 16.0 Å². The highest BCUT2D eigenvalue weighted by molar-refractivity contribution is 5.89. The first-order valence-electron chi connectivity index (χ1n) is 6.76. The van der Waals surface area contributed by atoms with Crippen molar-refractivity contribution in [3.8, 4) is 0 Å². The van der Waals surface area contributed by atoms with Crippen LogP contribution in [0.2, 0.25) is 0 Å². The Balaban J connectivity index is 4.30. The Bertz CT molecular complexity index is 397. The second-order valence-corrected chi connectivity index (χ2v) is 4.78. The second kappa shape index (κ2) is 9.73. The number of hydrogen-bond donors (Lipinski definition) is 3. The van der Waals surface area contributed by atoms with E-state index in [1.54, 1.807) is 0 Å². The largest absolute Gasteiger partial charge is 0.548 e. The van der Waals surface area contributed by atoms with Gasteiger partial charge in [0.05, 0.1) is 12.0 Å². The molecule has 8 nitrogen and oxygen atoms in total. The van der Waals surface area contributed by atoms with E-state index in [1.807, 2.05) is 0 Å². The summed E-state index contributed by atoms with van der Waals surface area (Å²) in [5.41, 5.74) is 0. The van der Waals surface area contributed by atoms with E-state index < -0.39 is 24.0 Å². The number of rotatable bonds is 9. The van der Waals surface area contributed by atoms with Gasteiger partial charge in [0.25, 0.3) is 0 Å². The average Bonchev–Trinajstić information content (AvgIpc) is 2.35. The standard InChI is InChI=1S/C13H23N3O5/c1-8(13(20)21)15-12(19)11(16-10(3)18)6-4-5-7-14-9(2)17/h8,11H,4-7H2,1-3H3,(H,14,17)(H,15,19)(H,16,18)(H,20,21)/p-1. The van der Waals surface area contributed by atoms with Gasteiger partial charge in [0.1, 0.15) is 6.04 Å². The van der Waals surface area contributed by atoms with E-state index in [-0.39, 0.29) is 11.8 Å². The fraction of sp³-hybridized carbons (Fsp3) is 0.692. The molecule has 0 bridgehead atoms. The molecule has 0 aliphatic rings. The summed E-state index contributed by atoms with van der Waals surface area (Å²) >= 11 is 0. The molecule has 0 aromatic heterocycles. The summed E-state index contributed by atoms with van der Waals surface area (Å²) in [6.07, 6.45) is 1.60. The first kappa shape index (κ1) is 18.9. The van der Waals surface area contributed by atoms with Crippen molar-refractivity contribution >= 4 is 23.7 Å². The van der Waals surface area contributed by atoms with Gasteiger partial charge in [-0.15, -0.1) is 0 Å². The zero-order valence-electron chi connectivity index (χ0n) is 12.5. The summed E-state index contributed by atoms with van der Waals surface area (Å²) in [6, 6.07) is -1.94. The quantitative estimate of drug-likeness (QED) is 0.427. The van der Waals surface area contributed by atoms with Crippen LogP contribution in [0.25, 0.3) is 0 Å². The number of carboxylic acid groups (broad SMARTS) is 1. The van der Waals surface area contributed by atoms with Crippen molar-refractivity contribution in [2.75, 3.05) is 6.54 Å². The SMILES string of the molecule is CC(=O)NCCCCC(NC(C)=O)C(=O)NC(C)C(=O)[O-]. The molecule has 8 heteroatoms. The molecule has 120 valence electrons. The molecular weight excluding hydrogens is 278 g/mol. The number of nitrogens with one attached hydrogen (secondary N) is 3. The van der Waals surface area contributed by atoms with Crippen molar-refractivity contribution < 1.29 is 24.3 Å². The van der Waals surface area contributed by atoms with Crippen LogP contribution in [0.5, 0.6) is 0 Å². The Kier molecular flexibility index (Phi) is 8.75. The predicted molar refractivity (Wildman–Crippen MR) is 72.8 cm³/mol. The normalized spacial score (nSPS) is 12.9. The smallest absolute Gasteiger partial charge is 0.243 e. The van der Waals surface area contributed by atoms with Crippen molar-refractivity contribution in [3.05, 3.63) is 0 Å². The van der Waals surface area contributed by atoms with Crippen LogP contribution in [0.1, 0.15) is 40.0 Å². The molecule has 0 aromatic carbocycles. The number of carbonyl (C=O) groups excluding carboxylic acids is 4. The zero-order valence-corrected chi connectivity index (χ0v) is 12.5. The molecule has 0 rings (SSSR count). The Labute approximate surface area is 123 Å². The molecule has 3 amide bonds. The van der Waals surface area contributed by atoms with Gasteiger partial charge in [0, 0.05) is 20.4 Å². The summed E-state index contributed by atoms with van der Waals surface area (Å²) in [5, 5.41) is 17.9. The van der Waals surface area contributed by atoms with Crippen molar-refractivity contribution in [2.45, 2.75) is 52.1 Å². The zero-order chi connectivity index (χ0) is 16.4. The molecule has 0 saturated carbocycles. The number of carbonyl (C=O) groups is 4. The van der Waals surface area contributed by atoms with Crippen LogP contribution in [0, 0.1) is 0 Å². The van der Waals surface area contributed by atoms with Gasteiger partial charge in [0.2, 0.25) is 17.7 Å². The number of amides is 3. The van der Waals surface area contributed by atoms with E-state index in [1.165, 1.54) is 20.8 Å². The maximum atomic E-state index is 11.9. The summed E-state index contributed by atoms with van der Waals surface area (Å²) in [5.74, 6) is -2.47. The summed E-state index contributed by atoms with van der Waals surface area (Å²) < 4.78 is 0. The molecule has 0 aliphatic carbocycles. The summed E-state index contributed by atoms with van der Waals surface area (Å²) in [6.45, 7) is 4.46. The topological polar surface area (TPSA) is 127 Å². The second-order valence-electron chi connectivity index (χ2n) is 4.78. The van der Waals surface area contributed by atoms with Gasteiger partial charge in [-0.05, 0) is 26.2 Å². The highest BCUT2D eigenvalue weighted by atomic mass is 16.4. The van der Waals surface area contributed by atoms with Gasteiger partial charge in [-0.3, -0.25) is 14.4 Å². The van der Waals surface area contributed by atoms with Crippen LogP contribution in [0.3, 0.4) is 0 Å². The third kappa shape index (κ3) is 9.42. The summed E-state index contributed by atoms with van der Waals surface area (Å²) in [4.78, 5) is 44.2. The van der Waals surface area contributed by atoms with Crippen LogP contribution in [0.4, 0.5) is 0 Å². The lowest BCUT2D eigenvalue weighted by molar-refractivity contribution is -0.307. The first-order chi connectivity index (χ1) is 9.73. The highest BCUT2D eigenvalue weighted by Gasteiger charge is 2.20. The summed E-state index contributed by atoms with van der Waals surface area (Å²) in [7, 11) is 0. The molecule has 0 spiro atoms. The third-order valence-electron chi connectivity index (χ3n) is 2.70. The molecule has 3 N–H and O–H groups in total. The van der Waals surface area contributed by atoms with Crippen LogP contribution < -0.4 is 21.1 Å². The van der Waals surface area contributed by atoms with Gasteiger partial charge in [-0.2, -0.15) is 0 Å². The predicted octanol–water partition coefficient (Wildman–Crippen LogP) is -1.95. The minimum absolute atomic E-state index is 0.131. The van der Waals surface area contributed by atoms with Crippen molar-refractivity contribution in [3.63, 3.8) is 0 Å². The lowest BCUT2D eigenvalue weighted by Gasteiger charge is -2.21. The fourth-order valence-corrected chi connectivity index (χ4v) is 1.62. The molecule has 2 atom stereocenters. The van der Waals surface area contributed by atoms with E-state index in [0.717, 1.165) is 0 Å². The van der Waals surface area contributed by atoms with Crippen LogP contribution in [0.15, 0.2) is 0 Å². The molecule has 21 heavy (non-hydrogen) atoms. The maximum absolute atomic E-state index is 11.9.